The molecular formula is C16H13F3N4O4S. The smallest absolute Gasteiger partial charge is 0.471 e. The Kier molecular flexibility index (Phi) is 4.32. The van der Waals surface area contributed by atoms with Gasteiger partial charge in [-0.3, -0.25) is 14.5 Å². The molecule has 4 heterocycles. The van der Waals surface area contributed by atoms with Crippen LogP contribution in [0.1, 0.15) is 6.42 Å². The summed E-state index contributed by atoms with van der Waals surface area (Å²) in [5, 5.41) is 10.0. The average Bonchev–Trinajstić information content (AvgIpc) is 2.97. The van der Waals surface area contributed by atoms with E-state index in [1.54, 1.807) is 6.07 Å². The molecule has 0 aromatic carbocycles. The number of hydrogen-bond acceptors (Lipinski definition) is 6. The Balaban J connectivity index is 1.61. The van der Waals surface area contributed by atoms with Gasteiger partial charge in [0.25, 0.3) is 5.91 Å². The van der Waals surface area contributed by atoms with Crippen LogP contribution in [0.4, 0.5) is 13.2 Å². The molecule has 8 nitrogen and oxygen atoms in total. The second-order valence-electron chi connectivity index (χ2n) is 6.53. The van der Waals surface area contributed by atoms with Crippen molar-refractivity contribution in [3.8, 4) is 0 Å². The summed E-state index contributed by atoms with van der Waals surface area (Å²) in [4.78, 5) is 45.5. The van der Waals surface area contributed by atoms with Crippen LogP contribution in [0.25, 0.3) is 0 Å². The minimum absolute atomic E-state index is 0.148. The predicted octanol–water partition coefficient (Wildman–Crippen LogP) is 0.911. The minimum atomic E-state index is -5.08. The topological polar surface area (TPSA) is 104 Å². The number of halogens is 3. The van der Waals surface area contributed by atoms with Crippen molar-refractivity contribution >= 4 is 29.5 Å². The van der Waals surface area contributed by atoms with Crippen molar-refractivity contribution in [2.24, 2.45) is 5.92 Å². The first-order valence-electron chi connectivity index (χ1n) is 8.29. The van der Waals surface area contributed by atoms with Crippen LogP contribution in [0, 0.1) is 5.92 Å². The van der Waals surface area contributed by atoms with Gasteiger partial charge in [-0.1, -0.05) is 11.8 Å². The van der Waals surface area contributed by atoms with E-state index in [-0.39, 0.29) is 24.4 Å². The summed E-state index contributed by atoms with van der Waals surface area (Å²) in [6.07, 6.45) is -1.87. The van der Waals surface area contributed by atoms with Crippen LogP contribution in [0.3, 0.4) is 0 Å². The van der Waals surface area contributed by atoms with Gasteiger partial charge in [-0.15, -0.1) is 0 Å². The number of carbonyl (C=O) groups is 3. The molecule has 3 aliphatic rings. The van der Waals surface area contributed by atoms with Crippen LogP contribution in [-0.2, 0) is 14.4 Å². The number of hydrogen-bond donors (Lipinski definition) is 1. The van der Waals surface area contributed by atoms with E-state index in [4.69, 9.17) is 0 Å². The van der Waals surface area contributed by atoms with Gasteiger partial charge in [0, 0.05) is 30.6 Å². The third-order valence-electron chi connectivity index (χ3n) is 5.14. The number of alkyl halides is 3. The lowest BCUT2D eigenvalue weighted by Gasteiger charge is -2.53. The summed E-state index contributed by atoms with van der Waals surface area (Å²) in [6.45, 7) is -0.257. The molecule has 12 heteroatoms. The highest BCUT2D eigenvalue weighted by Gasteiger charge is 2.65. The van der Waals surface area contributed by atoms with Gasteiger partial charge in [0.15, 0.2) is 5.16 Å². The molecule has 1 unspecified atom stereocenters. The molecular weight excluding hydrogens is 401 g/mol. The Hall–Kier alpha value is -2.63. The van der Waals surface area contributed by atoms with Crippen LogP contribution in [0.5, 0.6) is 0 Å². The Bertz CT molecular complexity index is 892. The maximum absolute atomic E-state index is 12.8. The highest BCUT2D eigenvalue weighted by atomic mass is 32.2. The molecule has 0 spiro atoms. The Morgan fingerprint density at radius 1 is 1.29 bits per heavy atom. The van der Waals surface area contributed by atoms with E-state index in [0.717, 1.165) is 4.90 Å². The van der Waals surface area contributed by atoms with Crippen LogP contribution in [-0.4, -0.2) is 73.2 Å². The van der Waals surface area contributed by atoms with E-state index in [0.29, 0.717) is 15.6 Å². The zero-order chi connectivity index (χ0) is 20.2. The summed E-state index contributed by atoms with van der Waals surface area (Å²) < 4.78 is 38.5. The third kappa shape index (κ3) is 2.74. The maximum atomic E-state index is 12.8. The van der Waals surface area contributed by atoms with E-state index >= 15 is 0 Å². The lowest BCUT2D eigenvalue weighted by atomic mass is 9.78. The molecule has 1 aromatic rings. The average molecular weight is 414 g/mol. The number of carboxylic acid groups (broad SMARTS) is 1. The number of thioether (sulfide) groups is 1. The van der Waals surface area contributed by atoms with Crippen molar-refractivity contribution in [2.45, 2.75) is 29.8 Å². The Labute approximate surface area is 160 Å². The number of carbonyl (C=O) groups excluding carboxylic acids is 2. The second-order valence-corrected chi connectivity index (χ2v) is 7.48. The zero-order valence-electron chi connectivity index (χ0n) is 14.1. The first-order valence-corrected chi connectivity index (χ1v) is 9.27. The van der Waals surface area contributed by atoms with Gasteiger partial charge in [0.1, 0.15) is 11.7 Å². The molecule has 2 amide bonds. The standard InChI is InChI=1S/C16H13F3N4O4S/c17-16(18,19)14(27)22-5-2-7-8(6-28-15-20-3-1-4-21-15)10(13(25)26)23-9(7)11(22)12(23)24/h1,3-4,7,9,11H,2,5-6H2,(H,25,26)/t7?,9-,11+/m1/s1. The normalized spacial score (nSPS) is 26.2. The number of piperidine rings is 1. The van der Waals surface area contributed by atoms with E-state index in [1.807, 2.05) is 0 Å². The number of aliphatic carboxylic acids is 1. The van der Waals surface area contributed by atoms with Crippen molar-refractivity contribution in [3.63, 3.8) is 0 Å². The number of nitrogens with zero attached hydrogens (tertiary/aromatic N) is 4. The second kappa shape index (κ2) is 6.47. The number of carboxylic acids is 1. The highest BCUT2D eigenvalue weighted by molar-refractivity contribution is 7.99. The van der Waals surface area contributed by atoms with Crippen molar-refractivity contribution in [1.29, 1.82) is 0 Å². The van der Waals surface area contributed by atoms with Crippen LogP contribution >= 0.6 is 11.8 Å². The molecule has 1 N–H and O–H groups in total. The summed E-state index contributed by atoms with van der Waals surface area (Å²) in [5.41, 5.74) is 0.255. The van der Waals surface area contributed by atoms with Gasteiger partial charge in [-0.05, 0) is 18.1 Å². The number of likely N-dealkylation sites (tertiary alicyclic amines) is 1. The Morgan fingerprint density at radius 3 is 2.57 bits per heavy atom. The van der Waals surface area contributed by atoms with Crippen LogP contribution in [0.15, 0.2) is 34.9 Å². The molecule has 2 fully saturated rings. The van der Waals surface area contributed by atoms with Gasteiger partial charge in [-0.2, -0.15) is 13.2 Å². The van der Waals surface area contributed by atoms with E-state index in [9.17, 15) is 32.7 Å². The minimum Gasteiger partial charge on any atom is -0.477 e. The first kappa shape index (κ1) is 18.7. The molecule has 2 saturated heterocycles. The van der Waals surface area contributed by atoms with Gasteiger partial charge in [-0.25, -0.2) is 14.8 Å². The molecule has 0 radical (unpaired) electrons. The largest absolute Gasteiger partial charge is 0.477 e. The Morgan fingerprint density at radius 2 is 1.96 bits per heavy atom. The fourth-order valence-electron chi connectivity index (χ4n) is 4.08. The summed E-state index contributed by atoms with van der Waals surface area (Å²) in [5.74, 6) is -4.40. The summed E-state index contributed by atoms with van der Waals surface area (Å²) in [6, 6.07) is -0.423. The lowest BCUT2D eigenvalue weighted by molar-refractivity contribution is -0.198. The molecule has 4 rings (SSSR count). The number of β-lactam (4-membered cyclic amide) rings is 1. The number of rotatable bonds is 4. The number of amides is 2. The van der Waals surface area contributed by atoms with E-state index in [2.05, 4.69) is 9.97 Å². The molecule has 3 atom stereocenters. The van der Waals surface area contributed by atoms with Crippen LogP contribution in [0.2, 0.25) is 0 Å². The summed E-state index contributed by atoms with van der Waals surface area (Å²) >= 11 is 1.19. The van der Waals surface area contributed by atoms with Gasteiger partial charge in [0.2, 0.25) is 0 Å². The molecule has 3 aliphatic heterocycles. The molecule has 148 valence electrons. The molecule has 0 saturated carbocycles. The van der Waals surface area contributed by atoms with Crippen molar-refractivity contribution in [3.05, 3.63) is 29.7 Å². The van der Waals surface area contributed by atoms with Gasteiger partial charge in [0.05, 0.1) is 6.04 Å². The lowest BCUT2D eigenvalue weighted by Crippen LogP contribution is -2.74. The van der Waals surface area contributed by atoms with Gasteiger partial charge < -0.3 is 10.0 Å². The quantitative estimate of drug-likeness (QED) is 0.444. The van der Waals surface area contributed by atoms with E-state index in [1.165, 1.54) is 24.2 Å². The maximum Gasteiger partial charge on any atom is 0.471 e. The van der Waals surface area contributed by atoms with Crippen molar-refractivity contribution in [1.82, 2.24) is 19.8 Å². The summed E-state index contributed by atoms with van der Waals surface area (Å²) in [7, 11) is 0. The van der Waals surface area contributed by atoms with Crippen molar-refractivity contribution in [2.75, 3.05) is 12.3 Å². The predicted molar refractivity (Wildman–Crippen MR) is 87.7 cm³/mol. The SMILES string of the molecule is O=C(O)C1=C(CSc2ncccn2)C2CCN(C(=O)C(F)(F)F)[C@@H]3C(=O)N1[C@H]23. The molecule has 1 aromatic heterocycles. The van der Waals surface area contributed by atoms with E-state index < -0.39 is 42.0 Å². The van der Waals surface area contributed by atoms with Crippen molar-refractivity contribution < 1.29 is 32.7 Å². The highest BCUT2D eigenvalue weighted by Crippen LogP contribution is 2.50. The zero-order valence-corrected chi connectivity index (χ0v) is 14.9. The van der Waals surface area contributed by atoms with Crippen LogP contribution < -0.4 is 0 Å². The first-order chi connectivity index (χ1) is 13.2. The molecule has 28 heavy (non-hydrogen) atoms. The number of aromatic nitrogens is 2. The van der Waals surface area contributed by atoms with Gasteiger partial charge >= 0.3 is 18.1 Å². The third-order valence-corrected chi connectivity index (χ3v) is 6.06. The fourth-order valence-corrected chi connectivity index (χ4v) is 4.99. The molecule has 0 bridgehead atoms. The molecule has 0 aliphatic carbocycles. The monoisotopic (exact) mass is 414 g/mol. The fraction of sp³-hybridized carbons (Fsp3) is 0.438.